The van der Waals surface area contributed by atoms with Crippen molar-refractivity contribution < 1.29 is 22.7 Å². The van der Waals surface area contributed by atoms with Gasteiger partial charge in [-0.1, -0.05) is 0 Å². The summed E-state index contributed by atoms with van der Waals surface area (Å²) >= 11 is 0. The van der Waals surface area contributed by atoms with E-state index in [9.17, 15) is 13.2 Å². The molecule has 1 unspecified atom stereocenters. The van der Waals surface area contributed by atoms with Crippen molar-refractivity contribution in [3.05, 3.63) is 30.1 Å². The number of hydrogen-bond acceptors (Lipinski definition) is 6. The third kappa shape index (κ3) is 4.16. The first-order valence-electron chi connectivity index (χ1n) is 9.96. The molecular weight excluding hydrogens is 382 g/mol. The number of piperidine rings is 1. The first-order chi connectivity index (χ1) is 13.5. The summed E-state index contributed by atoms with van der Waals surface area (Å²) < 4.78 is 38.1. The molecule has 4 heterocycles. The average molecular weight is 410 g/mol. The van der Waals surface area contributed by atoms with E-state index in [1.165, 1.54) is 10.5 Å². The molecule has 28 heavy (non-hydrogen) atoms. The van der Waals surface area contributed by atoms with Gasteiger partial charge in [0.25, 0.3) is 0 Å². The van der Waals surface area contributed by atoms with E-state index in [0.717, 1.165) is 25.7 Å². The van der Waals surface area contributed by atoms with Crippen LogP contribution in [0.2, 0.25) is 0 Å². The van der Waals surface area contributed by atoms with Gasteiger partial charge in [-0.2, -0.15) is 0 Å². The van der Waals surface area contributed by atoms with Crippen molar-refractivity contribution in [3.63, 3.8) is 0 Å². The van der Waals surface area contributed by atoms with Gasteiger partial charge in [0.1, 0.15) is 11.4 Å². The highest BCUT2D eigenvalue weighted by molar-refractivity contribution is 7.89. The van der Waals surface area contributed by atoms with Gasteiger partial charge < -0.3 is 14.4 Å². The standard InChI is InChI=1S/C19H27N3O5S/c23-19(27-17-2-1-11-26-14-17)21-12-18(13-21)28(24,25)22-9-5-16(6-10-22)15-3-7-20-8-4-15/h3-4,7-8,16-18H,1-2,5-6,9-14H2. The monoisotopic (exact) mass is 409 g/mol. The van der Waals surface area contributed by atoms with Crippen LogP contribution in [0.25, 0.3) is 0 Å². The lowest BCUT2D eigenvalue weighted by atomic mass is 9.91. The van der Waals surface area contributed by atoms with Gasteiger partial charge in [0, 0.05) is 45.2 Å². The Morgan fingerprint density at radius 2 is 1.86 bits per heavy atom. The predicted octanol–water partition coefficient (Wildman–Crippen LogP) is 1.59. The molecule has 0 saturated carbocycles. The zero-order valence-corrected chi connectivity index (χ0v) is 16.7. The Balaban J connectivity index is 1.25. The van der Waals surface area contributed by atoms with Gasteiger partial charge in [-0.05, 0) is 49.3 Å². The number of carbonyl (C=O) groups is 1. The highest BCUT2D eigenvalue weighted by Gasteiger charge is 2.44. The Kier molecular flexibility index (Phi) is 5.84. The second kappa shape index (κ2) is 8.34. The number of amides is 1. The minimum absolute atomic E-state index is 0.207. The van der Waals surface area contributed by atoms with Crippen molar-refractivity contribution in [3.8, 4) is 0 Å². The molecule has 1 amide bonds. The summed E-state index contributed by atoms with van der Waals surface area (Å²) in [7, 11) is -3.38. The largest absolute Gasteiger partial charge is 0.444 e. The molecular formula is C19H27N3O5S. The van der Waals surface area contributed by atoms with E-state index in [1.807, 2.05) is 12.1 Å². The molecule has 0 bridgehead atoms. The van der Waals surface area contributed by atoms with Crippen molar-refractivity contribution in [1.82, 2.24) is 14.2 Å². The van der Waals surface area contributed by atoms with Crippen LogP contribution in [0.4, 0.5) is 4.79 Å². The molecule has 9 heteroatoms. The first-order valence-corrected chi connectivity index (χ1v) is 11.5. The van der Waals surface area contributed by atoms with E-state index in [-0.39, 0.29) is 19.2 Å². The fraction of sp³-hybridized carbons (Fsp3) is 0.684. The minimum atomic E-state index is -3.38. The number of hydrogen-bond donors (Lipinski definition) is 0. The quantitative estimate of drug-likeness (QED) is 0.750. The number of rotatable bonds is 4. The highest BCUT2D eigenvalue weighted by atomic mass is 32.2. The molecule has 3 aliphatic heterocycles. The number of aromatic nitrogens is 1. The van der Waals surface area contributed by atoms with Crippen LogP contribution in [0, 0.1) is 0 Å². The zero-order chi connectivity index (χ0) is 19.6. The van der Waals surface area contributed by atoms with Gasteiger partial charge in [0.2, 0.25) is 10.0 Å². The van der Waals surface area contributed by atoms with Gasteiger partial charge in [0.15, 0.2) is 0 Å². The second-order valence-corrected chi connectivity index (χ2v) is 9.96. The van der Waals surface area contributed by atoms with Crippen LogP contribution >= 0.6 is 0 Å². The Morgan fingerprint density at radius 1 is 1.14 bits per heavy atom. The van der Waals surface area contributed by atoms with Crippen molar-refractivity contribution in [2.24, 2.45) is 0 Å². The normalized spacial score (nSPS) is 25.3. The van der Waals surface area contributed by atoms with Crippen LogP contribution in [0.3, 0.4) is 0 Å². The SMILES string of the molecule is O=C(OC1CCCOC1)N1CC(S(=O)(=O)N2CCC(c3ccncc3)CC2)C1. The Bertz CT molecular complexity index is 768. The van der Waals surface area contributed by atoms with Crippen LogP contribution in [-0.4, -0.2) is 79.4 Å². The van der Waals surface area contributed by atoms with Gasteiger partial charge >= 0.3 is 6.09 Å². The van der Waals surface area contributed by atoms with Crippen LogP contribution < -0.4 is 0 Å². The molecule has 1 aromatic heterocycles. The number of ether oxygens (including phenoxy) is 2. The molecule has 1 aromatic rings. The van der Waals surface area contributed by atoms with E-state index < -0.39 is 21.4 Å². The number of pyridine rings is 1. The first kappa shape index (κ1) is 19.6. The summed E-state index contributed by atoms with van der Waals surface area (Å²) in [6, 6.07) is 4.00. The van der Waals surface area contributed by atoms with Crippen LogP contribution in [-0.2, 0) is 19.5 Å². The van der Waals surface area contributed by atoms with Gasteiger partial charge in [0.05, 0.1) is 6.61 Å². The second-order valence-electron chi connectivity index (χ2n) is 7.75. The lowest BCUT2D eigenvalue weighted by Gasteiger charge is -2.42. The van der Waals surface area contributed by atoms with Gasteiger partial charge in [-0.15, -0.1) is 0 Å². The van der Waals surface area contributed by atoms with Crippen molar-refractivity contribution >= 4 is 16.1 Å². The molecule has 0 spiro atoms. The van der Waals surface area contributed by atoms with Gasteiger partial charge in [-0.25, -0.2) is 17.5 Å². The predicted molar refractivity (Wildman–Crippen MR) is 102 cm³/mol. The smallest absolute Gasteiger partial charge is 0.410 e. The summed E-state index contributed by atoms with van der Waals surface area (Å²) in [5.74, 6) is 0.375. The van der Waals surface area contributed by atoms with E-state index >= 15 is 0 Å². The summed E-state index contributed by atoms with van der Waals surface area (Å²) in [5.41, 5.74) is 1.22. The van der Waals surface area contributed by atoms with E-state index in [4.69, 9.17) is 9.47 Å². The number of nitrogens with zero attached hydrogens (tertiary/aromatic N) is 3. The number of sulfonamides is 1. The molecule has 8 nitrogen and oxygen atoms in total. The molecule has 3 saturated heterocycles. The molecule has 0 aromatic carbocycles. The lowest BCUT2D eigenvalue weighted by molar-refractivity contribution is -0.0316. The average Bonchev–Trinajstić information content (AvgIpc) is 2.68. The fourth-order valence-corrected chi connectivity index (χ4v) is 5.96. The van der Waals surface area contributed by atoms with Crippen LogP contribution in [0.1, 0.15) is 37.2 Å². The van der Waals surface area contributed by atoms with E-state index in [0.29, 0.717) is 32.2 Å². The van der Waals surface area contributed by atoms with Crippen molar-refractivity contribution in [2.75, 3.05) is 39.4 Å². The van der Waals surface area contributed by atoms with Gasteiger partial charge in [-0.3, -0.25) is 4.98 Å². The molecule has 3 fully saturated rings. The summed E-state index contributed by atoms with van der Waals surface area (Å²) in [6.45, 7) is 2.59. The van der Waals surface area contributed by atoms with Crippen molar-refractivity contribution in [2.45, 2.75) is 43.0 Å². The highest BCUT2D eigenvalue weighted by Crippen LogP contribution is 2.31. The molecule has 1 atom stereocenters. The molecule has 154 valence electrons. The van der Waals surface area contributed by atoms with E-state index in [2.05, 4.69) is 4.98 Å². The number of carbonyl (C=O) groups excluding carboxylic acids is 1. The Labute approximate surface area is 165 Å². The van der Waals surface area contributed by atoms with E-state index in [1.54, 1.807) is 16.7 Å². The number of likely N-dealkylation sites (tertiary alicyclic amines) is 1. The Hall–Kier alpha value is -1.71. The topological polar surface area (TPSA) is 89.0 Å². The molecule has 4 rings (SSSR count). The summed E-state index contributed by atoms with van der Waals surface area (Å²) in [4.78, 5) is 17.7. The fourth-order valence-electron chi connectivity index (χ4n) is 4.09. The molecule has 0 N–H and O–H groups in total. The maximum atomic E-state index is 12.9. The minimum Gasteiger partial charge on any atom is -0.444 e. The Morgan fingerprint density at radius 3 is 2.50 bits per heavy atom. The molecule has 0 aliphatic carbocycles. The third-order valence-corrected chi connectivity index (χ3v) is 8.13. The third-order valence-electron chi connectivity index (χ3n) is 5.90. The summed E-state index contributed by atoms with van der Waals surface area (Å²) in [6.07, 6.45) is 6.20. The maximum absolute atomic E-state index is 12.9. The van der Waals surface area contributed by atoms with Crippen molar-refractivity contribution in [1.29, 1.82) is 0 Å². The molecule has 3 aliphatic rings. The summed E-state index contributed by atoms with van der Waals surface area (Å²) in [5, 5.41) is -0.528. The van der Waals surface area contributed by atoms with Crippen LogP contribution in [0.5, 0.6) is 0 Å². The zero-order valence-electron chi connectivity index (χ0n) is 15.9. The molecule has 0 radical (unpaired) electrons. The lowest BCUT2D eigenvalue weighted by Crippen LogP contribution is -2.61. The van der Waals surface area contributed by atoms with Crippen LogP contribution in [0.15, 0.2) is 24.5 Å². The maximum Gasteiger partial charge on any atom is 0.410 e.